The molecule has 0 fully saturated rings. The lowest BCUT2D eigenvalue weighted by molar-refractivity contribution is -0.384. The van der Waals surface area contributed by atoms with Crippen LogP contribution in [0.1, 0.15) is 31.0 Å². The molecule has 2 heterocycles. The average molecular weight is 510 g/mol. The summed E-state index contributed by atoms with van der Waals surface area (Å²) in [6, 6.07) is 10.2. The lowest BCUT2D eigenvalue weighted by Crippen LogP contribution is -2.40. The van der Waals surface area contributed by atoms with Gasteiger partial charge in [0.2, 0.25) is 0 Å². The molecule has 0 unspecified atom stereocenters. The first-order valence-electron chi connectivity index (χ1n) is 10.9. The third-order valence-corrected chi connectivity index (χ3v) is 6.60. The Hall–Kier alpha value is -4.25. The van der Waals surface area contributed by atoms with E-state index in [2.05, 4.69) is 4.99 Å². The van der Waals surface area contributed by atoms with Crippen molar-refractivity contribution >= 4 is 29.1 Å². The Balaban J connectivity index is 1.95. The van der Waals surface area contributed by atoms with E-state index in [0.717, 1.165) is 11.3 Å². The Morgan fingerprint density at radius 1 is 1.19 bits per heavy atom. The van der Waals surface area contributed by atoms with Crippen molar-refractivity contribution in [2.24, 2.45) is 4.99 Å². The zero-order chi connectivity index (χ0) is 26.0. The van der Waals surface area contributed by atoms with E-state index in [9.17, 15) is 19.7 Å². The molecule has 1 aliphatic heterocycles. The third-order valence-electron chi connectivity index (χ3n) is 5.62. The number of nitro groups is 1. The van der Waals surface area contributed by atoms with Gasteiger partial charge in [-0.3, -0.25) is 19.5 Å². The molecule has 0 spiro atoms. The minimum absolute atomic E-state index is 0.126. The van der Waals surface area contributed by atoms with Gasteiger partial charge < -0.3 is 14.2 Å². The number of methoxy groups -OCH3 is 2. The predicted molar refractivity (Wildman–Crippen MR) is 133 cm³/mol. The highest BCUT2D eigenvalue weighted by Gasteiger charge is 2.34. The van der Waals surface area contributed by atoms with Crippen molar-refractivity contribution in [2.75, 3.05) is 20.8 Å². The molecule has 2 aromatic carbocycles. The summed E-state index contributed by atoms with van der Waals surface area (Å²) in [7, 11) is 3.06. The molecular weight excluding hydrogens is 486 g/mol. The summed E-state index contributed by atoms with van der Waals surface area (Å²) in [6.45, 7) is 3.46. The van der Waals surface area contributed by atoms with Gasteiger partial charge in [0.25, 0.3) is 11.2 Å². The summed E-state index contributed by atoms with van der Waals surface area (Å²) in [5, 5.41) is 11.4. The number of nitrogens with zero attached hydrogens (tertiary/aromatic N) is 3. The van der Waals surface area contributed by atoms with Gasteiger partial charge in [-0.25, -0.2) is 9.79 Å². The minimum Gasteiger partial charge on any atom is -0.493 e. The van der Waals surface area contributed by atoms with Crippen LogP contribution in [0.5, 0.6) is 11.5 Å². The van der Waals surface area contributed by atoms with E-state index in [1.54, 1.807) is 44.2 Å². The molecule has 10 nitrogen and oxygen atoms in total. The number of nitro benzene ring substituents is 1. The van der Waals surface area contributed by atoms with Crippen LogP contribution in [0.3, 0.4) is 0 Å². The van der Waals surface area contributed by atoms with Crippen LogP contribution < -0.4 is 24.4 Å². The summed E-state index contributed by atoms with van der Waals surface area (Å²) in [6.07, 6.45) is 1.69. The number of hydrogen-bond acceptors (Lipinski definition) is 9. The molecule has 186 valence electrons. The molecule has 3 aromatic rings. The SMILES string of the molecule is CCOC(=O)C1=C(C)N=c2s/c(=C\c3ccc(OC)c(OC)c3)c(=O)n2[C@@H]1c1cccc([N+](=O)[O-])c1. The third kappa shape index (κ3) is 4.52. The molecule has 36 heavy (non-hydrogen) atoms. The first-order valence-corrected chi connectivity index (χ1v) is 11.8. The average Bonchev–Trinajstić information content (AvgIpc) is 3.17. The highest BCUT2D eigenvalue weighted by molar-refractivity contribution is 7.07. The van der Waals surface area contributed by atoms with Gasteiger partial charge in [0.15, 0.2) is 16.3 Å². The highest BCUT2D eigenvalue weighted by atomic mass is 32.1. The molecule has 0 bridgehead atoms. The quantitative estimate of drug-likeness (QED) is 0.273. The van der Waals surface area contributed by atoms with E-state index in [-0.39, 0.29) is 23.4 Å². The van der Waals surface area contributed by atoms with Gasteiger partial charge in [-0.05, 0) is 43.2 Å². The van der Waals surface area contributed by atoms with Crippen LogP contribution in [0.2, 0.25) is 0 Å². The Bertz CT molecular complexity index is 1570. The summed E-state index contributed by atoms with van der Waals surface area (Å²) < 4.78 is 17.6. The number of rotatable bonds is 7. The van der Waals surface area contributed by atoms with Gasteiger partial charge in [-0.15, -0.1) is 0 Å². The number of fused-ring (bicyclic) bond motifs is 1. The van der Waals surface area contributed by atoms with Crippen LogP contribution in [0.4, 0.5) is 5.69 Å². The molecule has 0 radical (unpaired) electrons. The van der Waals surface area contributed by atoms with Gasteiger partial charge >= 0.3 is 5.97 Å². The molecule has 1 atom stereocenters. The van der Waals surface area contributed by atoms with Crippen molar-refractivity contribution in [2.45, 2.75) is 19.9 Å². The maximum absolute atomic E-state index is 13.6. The molecule has 0 aliphatic carbocycles. The Morgan fingerprint density at radius 2 is 1.94 bits per heavy atom. The number of non-ortho nitro benzene ring substituents is 1. The van der Waals surface area contributed by atoms with Crippen molar-refractivity contribution in [3.05, 3.63) is 94.7 Å². The van der Waals surface area contributed by atoms with Crippen molar-refractivity contribution in [3.8, 4) is 11.5 Å². The number of benzene rings is 2. The fraction of sp³-hybridized carbons (Fsp3) is 0.240. The molecule has 0 saturated carbocycles. The summed E-state index contributed by atoms with van der Waals surface area (Å²) >= 11 is 1.16. The number of ether oxygens (including phenoxy) is 3. The molecule has 4 rings (SSSR count). The molecule has 0 amide bonds. The molecule has 0 saturated heterocycles. The second-order valence-electron chi connectivity index (χ2n) is 7.77. The second-order valence-corrected chi connectivity index (χ2v) is 8.78. The first kappa shape index (κ1) is 24.9. The first-order chi connectivity index (χ1) is 17.3. The Morgan fingerprint density at radius 3 is 2.61 bits per heavy atom. The Kier molecular flexibility index (Phi) is 7.02. The van der Waals surface area contributed by atoms with Gasteiger partial charge in [0, 0.05) is 12.1 Å². The maximum atomic E-state index is 13.6. The number of esters is 1. The lowest BCUT2D eigenvalue weighted by Gasteiger charge is -2.24. The fourth-order valence-electron chi connectivity index (χ4n) is 4.01. The van der Waals surface area contributed by atoms with E-state index in [4.69, 9.17) is 14.2 Å². The molecule has 1 aromatic heterocycles. The van der Waals surface area contributed by atoms with Crippen LogP contribution in [0.25, 0.3) is 6.08 Å². The predicted octanol–water partition coefficient (Wildman–Crippen LogP) is 2.72. The molecule has 11 heteroatoms. The van der Waals surface area contributed by atoms with E-state index in [1.807, 2.05) is 0 Å². The van der Waals surface area contributed by atoms with Crippen molar-refractivity contribution in [1.82, 2.24) is 4.57 Å². The fourth-order valence-corrected chi connectivity index (χ4v) is 5.06. The minimum atomic E-state index is -0.937. The number of hydrogen-bond donors (Lipinski definition) is 0. The van der Waals surface area contributed by atoms with Crippen LogP contribution in [0.15, 0.2) is 63.5 Å². The monoisotopic (exact) mass is 509 g/mol. The van der Waals surface area contributed by atoms with E-state index < -0.39 is 16.9 Å². The molecular formula is C25H23N3O7S. The van der Waals surface area contributed by atoms with Crippen molar-refractivity contribution in [3.63, 3.8) is 0 Å². The number of carbonyl (C=O) groups is 1. The Labute approximate surface area is 209 Å². The smallest absolute Gasteiger partial charge is 0.338 e. The second kappa shape index (κ2) is 10.2. The van der Waals surface area contributed by atoms with Gasteiger partial charge in [-0.2, -0.15) is 0 Å². The molecule has 1 aliphatic rings. The van der Waals surface area contributed by atoms with Crippen molar-refractivity contribution in [1.29, 1.82) is 0 Å². The van der Waals surface area contributed by atoms with Gasteiger partial charge in [-0.1, -0.05) is 29.5 Å². The summed E-state index contributed by atoms with van der Waals surface area (Å²) in [4.78, 5) is 42.4. The number of carbonyl (C=O) groups excluding carboxylic acids is 1. The van der Waals surface area contributed by atoms with Gasteiger partial charge in [0.1, 0.15) is 0 Å². The van der Waals surface area contributed by atoms with E-state index in [0.29, 0.717) is 37.7 Å². The van der Waals surface area contributed by atoms with Crippen LogP contribution in [-0.2, 0) is 9.53 Å². The normalized spacial score (nSPS) is 15.2. The summed E-state index contributed by atoms with van der Waals surface area (Å²) in [5.41, 5.74) is 1.09. The number of aromatic nitrogens is 1. The van der Waals surface area contributed by atoms with Crippen LogP contribution >= 0.6 is 11.3 Å². The summed E-state index contributed by atoms with van der Waals surface area (Å²) in [5.74, 6) is 0.426. The maximum Gasteiger partial charge on any atom is 0.338 e. The largest absolute Gasteiger partial charge is 0.493 e. The van der Waals surface area contributed by atoms with Crippen molar-refractivity contribution < 1.29 is 23.9 Å². The number of allylic oxidation sites excluding steroid dienone is 1. The zero-order valence-electron chi connectivity index (χ0n) is 20.0. The molecule has 0 N–H and O–H groups in total. The zero-order valence-corrected chi connectivity index (χ0v) is 20.8. The topological polar surface area (TPSA) is 122 Å². The highest BCUT2D eigenvalue weighted by Crippen LogP contribution is 2.32. The number of thiazole rings is 1. The standard InChI is InChI=1S/C25H23N3O7S/c1-5-35-24(30)21-14(2)26-25-27(22(21)16-7-6-8-17(13-16)28(31)32)23(29)20(36-25)12-15-9-10-18(33-3)19(11-15)34-4/h6-13,22H,5H2,1-4H3/b20-12-/t22-/m1/s1. The lowest BCUT2D eigenvalue weighted by atomic mass is 9.95. The van der Waals surface area contributed by atoms with E-state index >= 15 is 0 Å². The van der Waals surface area contributed by atoms with Crippen LogP contribution in [0, 0.1) is 10.1 Å². The van der Waals surface area contributed by atoms with E-state index in [1.165, 1.54) is 37.0 Å². The van der Waals surface area contributed by atoms with Gasteiger partial charge in [0.05, 0.1) is 47.6 Å². The van der Waals surface area contributed by atoms with Crippen LogP contribution in [-0.4, -0.2) is 36.3 Å².